The minimum atomic E-state index is 0.616. The molecule has 0 radical (unpaired) electrons. The SMILES string of the molecule is CN(C)Cc1cccc(NC2CC(c3ccccc3)C2)c1. The molecule has 0 aliphatic heterocycles. The van der Waals surface area contributed by atoms with Gasteiger partial charge >= 0.3 is 0 Å². The molecule has 2 nitrogen and oxygen atoms in total. The van der Waals surface area contributed by atoms with Crippen LogP contribution in [0.1, 0.15) is 29.9 Å². The smallest absolute Gasteiger partial charge is 0.0345 e. The molecule has 21 heavy (non-hydrogen) atoms. The molecule has 1 N–H and O–H groups in total. The number of nitrogens with zero attached hydrogens (tertiary/aromatic N) is 1. The topological polar surface area (TPSA) is 15.3 Å². The molecule has 0 bridgehead atoms. The van der Waals surface area contributed by atoms with E-state index in [4.69, 9.17) is 0 Å². The van der Waals surface area contributed by atoms with Gasteiger partial charge in [0.2, 0.25) is 0 Å². The van der Waals surface area contributed by atoms with Crippen LogP contribution in [0.25, 0.3) is 0 Å². The first-order valence-electron chi connectivity index (χ1n) is 7.76. The standard InChI is InChI=1S/C19H24N2/c1-21(2)14-15-7-6-10-18(11-15)20-19-12-17(13-19)16-8-4-3-5-9-16/h3-11,17,19-20H,12-14H2,1-2H3. The van der Waals surface area contributed by atoms with Crippen molar-refractivity contribution in [1.29, 1.82) is 0 Å². The summed E-state index contributed by atoms with van der Waals surface area (Å²) in [5.41, 5.74) is 4.10. The number of anilines is 1. The minimum Gasteiger partial charge on any atom is -0.382 e. The van der Waals surface area contributed by atoms with Crippen molar-refractivity contribution in [3.8, 4) is 0 Å². The summed E-state index contributed by atoms with van der Waals surface area (Å²) in [7, 11) is 4.22. The van der Waals surface area contributed by atoms with E-state index in [9.17, 15) is 0 Å². The van der Waals surface area contributed by atoms with Gasteiger partial charge in [-0.3, -0.25) is 0 Å². The number of hydrogen-bond donors (Lipinski definition) is 1. The van der Waals surface area contributed by atoms with Gasteiger partial charge in [-0.05, 0) is 56.1 Å². The number of nitrogens with one attached hydrogen (secondary N) is 1. The zero-order valence-corrected chi connectivity index (χ0v) is 12.9. The van der Waals surface area contributed by atoms with E-state index in [1.54, 1.807) is 0 Å². The van der Waals surface area contributed by atoms with E-state index in [1.165, 1.54) is 29.7 Å². The summed E-state index contributed by atoms with van der Waals surface area (Å²) in [5, 5.41) is 3.67. The predicted octanol–water partition coefficient (Wildman–Crippen LogP) is 4.11. The molecule has 1 aliphatic rings. The molecule has 1 saturated carbocycles. The molecule has 0 aromatic heterocycles. The van der Waals surface area contributed by atoms with Gasteiger partial charge in [0.05, 0.1) is 0 Å². The second-order valence-electron chi connectivity index (χ2n) is 6.36. The third-order valence-corrected chi connectivity index (χ3v) is 4.21. The molecular weight excluding hydrogens is 256 g/mol. The summed E-state index contributed by atoms with van der Waals surface area (Å²) >= 11 is 0. The first-order chi connectivity index (χ1) is 10.2. The Bertz CT molecular complexity index is 571. The fourth-order valence-electron chi connectivity index (χ4n) is 3.09. The van der Waals surface area contributed by atoms with Crippen LogP contribution in [0.2, 0.25) is 0 Å². The average Bonchev–Trinajstić information content (AvgIpc) is 2.43. The highest BCUT2D eigenvalue weighted by Gasteiger charge is 2.29. The molecule has 1 aliphatic carbocycles. The molecular formula is C19H24N2. The highest BCUT2D eigenvalue weighted by atomic mass is 15.0. The Balaban J connectivity index is 1.55. The summed E-state index contributed by atoms with van der Waals surface area (Å²) in [4.78, 5) is 2.20. The maximum atomic E-state index is 3.67. The zero-order valence-electron chi connectivity index (χ0n) is 12.9. The van der Waals surface area contributed by atoms with E-state index in [1.807, 2.05) is 0 Å². The van der Waals surface area contributed by atoms with Gasteiger partial charge in [0.25, 0.3) is 0 Å². The van der Waals surface area contributed by atoms with Gasteiger partial charge < -0.3 is 10.2 Å². The van der Waals surface area contributed by atoms with Crippen LogP contribution in [0.5, 0.6) is 0 Å². The van der Waals surface area contributed by atoms with Crippen LogP contribution in [-0.2, 0) is 6.54 Å². The van der Waals surface area contributed by atoms with Gasteiger partial charge in [-0.2, -0.15) is 0 Å². The Hall–Kier alpha value is -1.80. The summed E-state index contributed by atoms with van der Waals surface area (Å²) in [5.74, 6) is 0.730. The van der Waals surface area contributed by atoms with Crippen LogP contribution in [0.15, 0.2) is 54.6 Å². The number of benzene rings is 2. The van der Waals surface area contributed by atoms with E-state index in [0.717, 1.165) is 12.5 Å². The van der Waals surface area contributed by atoms with Gasteiger partial charge in [0, 0.05) is 18.3 Å². The highest BCUT2D eigenvalue weighted by Crippen LogP contribution is 2.38. The fourth-order valence-corrected chi connectivity index (χ4v) is 3.09. The molecule has 110 valence electrons. The van der Waals surface area contributed by atoms with Crippen molar-refractivity contribution in [3.63, 3.8) is 0 Å². The second-order valence-corrected chi connectivity index (χ2v) is 6.36. The Labute approximate surface area is 127 Å². The largest absolute Gasteiger partial charge is 0.382 e. The molecule has 0 spiro atoms. The lowest BCUT2D eigenvalue weighted by molar-refractivity contribution is 0.374. The summed E-state index contributed by atoms with van der Waals surface area (Å²) in [6.07, 6.45) is 2.48. The molecule has 0 amide bonds. The van der Waals surface area contributed by atoms with Crippen LogP contribution >= 0.6 is 0 Å². The molecule has 2 aromatic rings. The first-order valence-corrected chi connectivity index (χ1v) is 7.76. The van der Waals surface area contributed by atoms with Crippen molar-refractivity contribution in [1.82, 2.24) is 4.90 Å². The summed E-state index contributed by atoms with van der Waals surface area (Å²) < 4.78 is 0. The third kappa shape index (κ3) is 3.64. The molecule has 0 atom stereocenters. The van der Waals surface area contributed by atoms with Crippen molar-refractivity contribution in [2.45, 2.75) is 31.3 Å². The van der Waals surface area contributed by atoms with Gasteiger partial charge in [0.15, 0.2) is 0 Å². The minimum absolute atomic E-state index is 0.616. The van der Waals surface area contributed by atoms with E-state index in [0.29, 0.717) is 6.04 Å². The zero-order chi connectivity index (χ0) is 14.7. The maximum absolute atomic E-state index is 3.67. The van der Waals surface area contributed by atoms with E-state index in [-0.39, 0.29) is 0 Å². The quantitative estimate of drug-likeness (QED) is 0.887. The van der Waals surface area contributed by atoms with E-state index in [2.05, 4.69) is 78.9 Å². The van der Waals surface area contributed by atoms with Crippen LogP contribution in [0, 0.1) is 0 Å². The Morgan fingerprint density at radius 2 is 1.76 bits per heavy atom. The van der Waals surface area contributed by atoms with E-state index < -0.39 is 0 Å². The van der Waals surface area contributed by atoms with Crippen molar-refractivity contribution >= 4 is 5.69 Å². The second kappa shape index (κ2) is 6.31. The van der Waals surface area contributed by atoms with Crippen LogP contribution in [0.4, 0.5) is 5.69 Å². The van der Waals surface area contributed by atoms with Crippen LogP contribution < -0.4 is 5.32 Å². The lowest BCUT2D eigenvalue weighted by Gasteiger charge is -2.37. The number of rotatable bonds is 5. The van der Waals surface area contributed by atoms with E-state index >= 15 is 0 Å². The molecule has 3 rings (SSSR count). The summed E-state index contributed by atoms with van der Waals surface area (Å²) in [6.45, 7) is 0.993. The molecule has 0 saturated heterocycles. The van der Waals surface area contributed by atoms with Gasteiger partial charge in [0.1, 0.15) is 0 Å². The first kappa shape index (κ1) is 14.2. The Morgan fingerprint density at radius 1 is 1.00 bits per heavy atom. The monoisotopic (exact) mass is 280 g/mol. The van der Waals surface area contributed by atoms with Crippen molar-refractivity contribution in [3.05, 3.63) is 65.7 Å². The molecule has 2 aromatic carbocycles. The molecule has 2 heteroatoms. The van der Waals surface area contributed by atoms with Crippen molar-refractivity contribution in [2.75, 3.05) is 19.4 Å². The van der Waals surface area contributed by atoms with Crippen molar-refractivity contribution < 1.29 is 0 Å². The average molecular weight is 280 g/mol. The maximum Gasteiger partial charge on any atom is 0.0345 e. The van der Waals surface area contributed by atoms with Gasteiger partial charge in [-0.1, -0.05) is 42.5 Å². The molecule has 0 unspecified atom stereocenters. The molecule has 1 fully saturated rings. The summed E-state index contributed by atoms with van der Waals surface area (Å²) in [6, 6.07) is 20.3. The van der Waals surface area contributed by atoms with Crippen molar-refractivity contribution in [2.24, 2.45) is 0 Å². The van der Waals surface area contributed by atoms with Crippen LogP contribution in [0.3, 0.4) is 0 Å². The predicted molar refractivity (Wildman–Crippen MR) is 89.7 cm³/mol. The Kier molecular flexibility index (Phi) is 4.26. The fraction of sp³-hybridized carbons (Fsp3) is 0.368. The van der Waals surface area contributed by atoms with Gasteiger partial charge in [-0.15, -0.1) is 0 Å². The van der Waals surface area contributed by atoms with Crippen LogP contribution in [-0.4, -0.2) is 25.0 Å². The lowest BCUT2D eigenvalue weighted by Crippen LogP contribution is -2.34. The molecule has 0 heterocycles. The lowest BCUT2D eigenvalue weighted by atomic mass is 9.76. The Morgan fingerprint density at radius 3 is 2.48 bits per heavy atom. The normalized spacial score (nSPS) is 21.1. The highest BCUT2D eigenvalue weighted by molar-refractivity contribution is 5.47. The van der Waals surface area contributed by atoms with Gasteiger partial charge in [-0.25, -0.2) is 0 Å². The third-order valence-electron chi connectivity index (χ3n) is 4.21. The number of hydrogen-bond acceptors (Lipinski definition) is 2.